The Labute approximate surface area is 127 Å². The van der Waals surface area contributed by atoms with E-state index in [0.717, 1.165) is 24.0 Å². The highest BCUT2D eigenvalue weighted by Crippen LogP contribution is 2.21. The van der Waals surface area contributed by atoms with Crippen molar-refractivity contribution in [3.63, 3.8) is 0 Å². The van der Waals surface area contributed by atoms with Crippen molar-refractivity contribution >= 4 is 10.0 Å². The fourth-order valence-electron chi connectivity index (χ4n) is 2.66. The van der Waals surface area contributed by atoms with Gasteiger partial charge >= 0.3 is 0 Å². The lowest BCUT2D eigenvalue weighted by Gasteiger charge is -2.30. The van der Waals surface area contributed by atoms with Gasteiger partial charge in [-0.3, -0.25) is 0 Å². The number of hydrogen-bond acceptors (Lipinski definition) is 4. The molecule has 2 N–H and O–H groups in total. The summed E-state index contributed by atoms with van der Waals surface area (Å²) in [6.07, 6.45) is 1.75. The summed E-state index contributed by atoms with van der Waals surface area (Å²) >= 11 is 0. The number of rotatable bonds is 6. The van der Waals surface area contributed by atoms with E-state index in [1.165, 1.54) is 0 Å². The third-order valence-corrected chi connectivity index (χ3v) is 5.83. The second-order valence-electron chi connectivity index (χ2n) is 5.57. The van der Waals surface area contributed by atoms with Gasteiger partial charge in [0.15, 0.2) is 0 Å². The summed E-state index contributed by atoms with van der Waals surface area (Å²) in [5.41, 5.74) is 7.37. The van der Waals surface area contributed by atoms with Gasteiger partial charge in [-0.25, -0.2) is 12.7 Å². The first kappa shape index (κ1) is 16.4. The lowest BCUT2D eigenvalue weighted by atomic mass is 9.99. The first-order valence-electron chi connectivity index (χ1n) is 7.30. The summed E-state index contributed by atoms with van der Waals surface area (Å²) in [5, 5.41) is 0. The minimum atomic E-state index is -3.23. The molecule has 0 atom stereocenters. The van der Waals surface area contributed by atoms with E-state index >= 15 is 0 Å². The van der Waals surface area contributed by atoms with Crippen LogP contribution in [-0.2, 0) is 27.1 Å². The highest BCUT2D eigenvalue weighted by atomic mass is 32.2. The van der Waals surface area contributed by atoms with Gasteiger partial charge in [-0.15, -0.1) is 0 Å². The average Bonchev–Trinajstić information content (AvgIpc) is 2.48. The summed E-state index contributed by atoms with van der Waals surface area (Å²) in [4.78, 5) is 0. The molecule has 0 unspecified atom stereocenters. The maximum Gasteiger partial charge on any atom is 0.218 e. The van der Waals surface area contributed by atoms with E-state index < -0.39 is 10.0 Å². The van der Waals surface area contributed by atoms with Gasteiger partial charge in [0.1, 0.15) is 0 Å². The lowest BCUT2D eigenvalue weighted by molar-refractivity contribution is 0.121. The van der Waals surface area contributed by atoms with Crippen LogP contribution in [-0.4, -0.2) is 39.5 Å². The van der Waals surface area contributed by atoms with Crippen LogP contribution < -0.4 is 5.73 Å². The number of piperidine rings is 1. The molecule has 21 heavy (non-hydrogen) atoms. The van der Waals surface area contributed by atoms with E-state index in [0.29, 0.717) is 32.2 Å². The van der Waals surface area contributed by atoms with Gasteiger partial charge in [-0.1, -0.05) is 24.3 Å². The minimum Gasteiger partial charge on any atom is -0.384 e. The third-order valence-electron chi connectivity index (χ3n) is 3.98. The Balaban J connectivity index is 1.95. The summed E-state index contributed by atoms with van der Waals surface area (Å²) in [5.74, 6) is 0.539. The Morgan fingerprint density at radius 1 is 1.19 bits per heavy atom. The van der Waals surface area contributed by atoms with Crippen molar-refractivity contribution in [2.75, 3.05) is 26.8 Å². The van der Waals surface area contributed by atoms with Crippen LogP contribution in [0, 0.1) is 5.92 Å². The molecule has 5 nitrogen and oxygen atoms in total. The molecule has 118 valence electrons. The average molecular weight is 312 g/mol. The Kier molecular flexibility index (Phi) is 5.75. The molecule has 0 spiro atoms. The fourth-order valence-corrected chi connectivity index (χ4v) is 4.23. The molecule has 1 aromatic carbocycles. The zero-order valence-electron chi connectivity index (χ0n) is 12.5. The number of methoxy groups -OCH3 is 1. The Hall–Kier alpha value is -0.950. The summed E-state index contributed by atoms with van der Waals surface area (Å²) < 4.78 is 31.6. The summed E-state index contributed by atoms with van der Waals surface area (Å²) in [6, 6.07) is 7.46. The van der Waals surface area contributed by atoms with E-state index in [4.69, 9.17) is 10.5 Å². The molecule has 1 saturated heterocycles. The van der Waals surface area contributed by atoms with E-state index in [9.17, 15) is 8.42 Å². The van der Waals surface area contributed by atoms with E-state index in [1.807, 2.05) is 24.3 Å². The molecule has 1 aliphatic heterocycles. The molecule has 1 fully saturated rings. The SMILES string of the molecule is COCC1CCN(S(=O)(=O)Cc2ccc(CN)cc2)CC1. The standard InChI is InChI=1S/C15H24N2O3S/c1-20-11-14-6-8-17(9-7-14)21(18,19)12-15-4-2-13(10-16)3-5-15/h2-5,14H,6-12,16H2,1H3. The van der Waals surface area contributed by atoms with Crippen molar-refractivity contribution in [3.05, 3.63) is 35.4 Å². The zero-order chi connectivity index (χ0) is 15.3. The predicted octanol–water partition coefficient (Wildman–Crippen LogP) is 1.33. The van der Waals surface area contributed by atoms with Crippen molar-refractivity contribution in [2.24, 2.45) is 11.7 Å². The molecule has 0 bridgehead atoms. The topological polar surface area (TPSA) is 72.6 Å². The van der Waals surface area contributed by atoms with Crippen LogP contribution >= 0.6 is 0 Å². The largest absolute Gasteiger partial charge is 0.384 e. The van der Waals surface area contributed by atoms with Crippen molar-refractivity contribution in [1.82, 2.24) is 4.31 Å². The number of benzene rings is 1. The van der Waals surface area contributed by atoms with E-state index in [1.54, 1.807) is 11.4 Å². The molecule has 0 radical (unpaired) electrons. The van der Waals surface area contributed by atoms with Gasteiger partial charge in [0.05, 0.1) is 5.75 Å². The number of hydrogen-bond donors (Lipinski definition) is 1. The maximum absolute atomic E-state index is 12.4. The van der Waals surface area contributed by atoms with Gasteiger partial charge in [0.2, 0.25) is 10.0 Å². The Bertz CT molecular complexity index is 535. The van der Waals surface area contributed by atoms with Crippen molar-refractivity contribution in [3.8, 4) is 0 Å². The Morgan fingerprint density at radius 2 is 1.76 bits per heavy atom. The van der Waals surface area contributed by atoms with Crippen LogP contribution in [0.5, 0.6) is 0 Å². The molecule has 1 aromatic rings. The fraction of sp³-hybridized carbons (Fsp3) is 0.600. The Morgan fingerprint density at radius 3 is 2.29 bits per heavy atom. The highest BCUT2D eigenvalue weighted by Gasteiger charge is 2.27. The van der Waals surface area contributed by atoms with Crippen molar-refractivity contribution < 1.29 is 13.2 Å². The molecule has 1 heterocycles. The lowest BCUT2D eigenvalue weighted by Crippen LogP contribution is -2.39. The quantitative estimate of drug-likeness (QED) is 0.860. The molecular formula is C15H24N2O3S. The minimum absolute atomic E-state index is 0.0623. The van der Waals surface area contributed by atoms with Crippen LogP contribution in [0.15, 0.2) is 24.3 Å². The smallest absolute Gasteiger partial charge is 0.218 e. The van der Waals surface area contributed by atoms with Crippen LogP contribution in [0.25, 0.3) is 0 Å². The maximum atomic E-state index is 12.4. The third kappa shape index (κ3) is 4.51. The zero-order valence-corrected chi connectivity index (χ0v) is 13.3. The molecule has 6 heteroatoms. The molecule has 2 rings (SSSR count). The number of nitrogens with two attached hydrogens (primary N) is 1. The molecule has 0 amide bonds. The normalized spacial score (nSPS) is 18.0. The monoisotopic (exact) mass is 312 g/mol. The van der Waals surface area contributed by atoms with Gasteiger partial charge in [-0.2, -0.15) is 0 Å². The molecule has 0 saturated carbocycles. The highest BCUT2D eigenvalue weighted by molar-refractivity contribution is 7.88. The van der Waals surface area contributed by atoms with Crippen molar-refractivity contribution in [2.45, 2.75) is 25.1 Å². The number of ether oxygens (including phenoxy) is 1. The van der Waals surface area contributed by atoms with Crippen molar-refractivity contribution in [1.29, 1.82) is 0 Å². The molecule has 0 aliphatic carbocycles. The van der Waals surface area contributed by atoms with Crippen LogP contribution in [0.2, 0.25) is 0 Å². The summed E-state index contributed by atoms with van der Waals surface area (Å²) in [6.45, 7) is 2.38. The van der Waals surface area contributed by atoms with E-state index in [-0.39, 0.29) is 5.75 Å². The van der Waals surface area contributed by atoms with Gasteiger partial charge in [0, 0.05) is 33.4 Å². The van der Waals surface area contributed by atoms with Gasteiger partial charge in [0.25, 0.3) is 0 Å². The number of nitrogens with zero attached hydrogens (tertiary/aromatic N) is 1. The van der Waals surface area contributed by atoms with Crippen LogP contribution in [0.1, 0.15) is 24.0 Å². The second kappa shape index (κ2) is 7.35. The van der Waals surface area contributed by atoms with Gasteiger partial charge < -0.3 is 10.5 Å². The molecule has 0 aromatic heterocycles. The number of sulfonamides is 1. The van der Waals surface area contributed by atoms with E-state index in [2.05, 4.69) is 0 Å². The predicted molar refractivity (Wildman–Crippen MR) is 83.1 cm³/mol. The summed E-state index contributed by atoms with van der Waals surface area (Å²) in [7, 11) is -1.54. The van der Waals surface area contributed by atoms with Gasteiger partial charge in [-0.05, 0) is 29.9 Å². The second-order valence-corrected chi connectivity index (χ2v) is 7.54. The van der Waals surface area contributed by atoms with Crippen LogP contribution in [0.3, 0.4) is 0 Å². The first-order chi connectivity index (χ1) is 10.0. The molecule has 1 aliphatic rings. The first-order valence-corrected chi connectivity index (χ1v) is 8.90. The van der Waals surface area contributed by atoms with Crippen LogP contribution in [0.4, 0.5) is 0 Å². The molecular weight excluding hydrogens is 288 g/mol.